The van der Waals surface area contributed by atoms with E-state index in [0.717, 1.165) is 10.6 Å². The fourth-order valence-electron chi connectivity index (χ4n) is 2.52. The highest BCUT2D eigenvalue weighted by molar-refractivity contribution is 7.99. The molecular weight excluding hydrogens is 238 g/mol. The maximum absolute atomic E-state index is 5.37. The summed E-state index contributed by atoms with van der Waals surface area (Å²) in [5, 5.41) is 8.01. The summed E-state index contributed by atoms with van der Waals surface area (Å²) in [7, 11) is 0. The van der Waals surface area contributed by atoms with E-state index in [2.05, 4.69) is 34.9 Å². The van der Waals surface area contributed by atoms with Crippen LogP contribution in [0.2, 0.25) is 0 Å². The topological polar surface area (TPSA) is 33.6 Å². The average molecular weight is 257 g/mol. The highest BCUT2D eigenvalue weighted by atomic mass is 32.2. The highest BCUT2D eigenvalue weighted by Crippen LogP contribution is 2.38. The Labute approximate surface area is 106 Å². The van der Waals surface area contributed by atoms with E-state index >= 15 is 0 Å². The molecule has 2 atom stereocenters. The lowest BCUT2D eigenvalue weighted by Gasteiger charge is -2.21. The van der Waals surface area contributed by atoms with E-state index in [1.54, 1.807) is 0 Å². The molecule has 1 aromatic heterocycles. The molecule has 1 aliphatic carbocycles. The Bertz CT molecular complexity index is 408. The zero-order valence-corrected chi connectivity index (χ0v) is 11.7. The third kappa shape index (κ3) is 2.07. The number of rotatable bonds is 3. The molecule has 0 amide bonds. The van der Waals surface area contributed by atoms with Crippen molar-refractivity contribution < 1.29 is 0 Å². The number of nitrogens with zero attached hydrogens (tertiary/aromatic N) is 2. The number of H-pyrrole nitrogens is 1. The number of nitrogens with one attached hydrogen (secondary N) is 1. The van der Waals surface area contributed by atoms with Crippen molar-refractivity contribution in [2.75, 3.05) is 6.26 Å². The molecule has 90 valence electrons. The first-order chi connectivity index (χ1) is 7.65. The fraction of sp³-hybridized carbons (Fsp3) is 0.818. The Balaban J connectivity index is 2.38. The molecule has 2 rings (SSSR count). The fourth-order valence-corrected chi connectivity index (χ4v) is 3.77. The second kappa shape index (κ2) is 4.92. The quantitative estimate of drug-likeness (QED) is 0.841. The van der Waals surface area contributed by atoms with E-state index in [-0.39, 0.29) is 0 Å². The van der Waals surface area contributed by atoms with Crippen LogP contribution >= 0.6 is 24.0 Å². The van der Waals surface area contributed by atoms with Gasteiger partial charge in [-0.2, -0.15) is 16.9 Å². The SMILES string of the molecule is CSC1CCCC1n1c(C(C)C)n[nH]c1=S. The summed E-state index contributed by atoms with van der Waals surface area (Å²) >= 11 is 7.32. The first-order valence-corrected chi connectivity index (χ1v) is 7.54. The third-order valence-electron chi connectivity index (χ3n) is 3.30. The normalized spacial score (nSPS) is 25.5. The molecule has 0 aromatic carbocycles. The molecular formula is C11H19N3S2. The number of aromatic nitrogens is 3. The molecule has 3 nitrogen and oxygen atoms in total. The summed E-state index contributed by atoms with van der Waals surface area (Å²) in [5.41, 5.74) is 0. The predicted molar refractivity (Wildman–Crippen MR) is 71.7 cm³/mol. The van der Waals surface area contributed by atoms with Gasteiger partial charge in [0.25, 0.3) is 0 Å². The van der Waals surface area contributed by atoms with Crippen molar-refractivity contribution in [1.29, 1.82) is 0 Å². The van der Waals surface area contributed by atoms with E-state index in [1.807, 2.05) is 11.8 Å². The third-order valence-corrected chi connectivity index (χ3v) is 4.74. The van der Waals surface area contributed by atoms with Crippen LogP contribution in [-0.4, -0.2) is 26.3 Å². The summed E-state index contributed by atoms with van der Waals surface area (Å²) in [6.07, 6.45) is 6.04. The van der Waals surface area contributed by atoms with Crippen molar-refractivity contribution >= 4 is 24.0 Å². The molecule has 0 bridgehead atoms. The lowest BCUT2D eigenvalue weighted by molar-refractivity contribution is 0.490. The summed E-state index contributed by atoms with van der Waals surface area (Å²) in [6.45, 7) is 4.34. The molecule has 0 spiro atoms. The van der Waals surface area contributed by atoms with Crippen LogP contribution in [0.25, 0.3) is 0 Å². The minimum Gasteiger partial charge on any atom is -0.300 e. The van der Waals surface area contributed by atoms with Gasteiger partial charge in [0.2, 0.25) is 0 Å². The molecule has 2 unspecified atom stereocenters. The number of hydrogen-bond acceptors (Lipinski definition) is 3. The molecule has 1 aromatic rings. The van der Waals surface area contributed by atoms with Gasteiger partial charge in [0.15, 0.2) is 4.77 Å². The van der Waals surface area contributed by atoms with E-state index in [9.17, 15) is 0 Å². The van der Waals surface area contributed by atoms with Gasteiger partial charge in [-0.15, -0.1) is 0 Å². The monoisotopic (exact) mass is 257 g/mol. The summed E-state index contributed by atoms with van der Waals surface area (Å²) in [4.78, 5) is 0. The van der Waals surface area contributed by atoms with Gasteiger partial charge in [0, 0.05) is 17.2 Å². The van der Waals surface area contributed by atoms with Crippen molar-refractivity contribution in [3.05, 3.63) is 10.6 Å². The van der Waals surface area contributed by atoms with Crippen molar-refractivity contribution in [2.45, 2.75) is 50.3 Å². The van der Waals surface area contributed by atoms with Crippen molar-refractivity contribution in [3.8, 4) is 0 Å². The van der Waals surface area contributed by atoms with Crippen LogP contribution in [0.1, 0.15) is 50.9 Å². The second-order valence-corrected chi connectivity index (χ2v) is 6.15. The molecule has 1 N–H and O–H groups in total. The van der Waals surface area contributed by atoms with Gasteiger partial charge >= 0.3 is 0 Å². The van der Waals surface area contributed by atoms with Crippen LogP contribution in [0.15, 0.2) is 0 Å². The number of hydrogen-bond donors (Lipinski definition) is 1. The van der Waals surface area contributed by atoms with Crippen LogP contribution in [-0.2, 0) is 0 Å². The number of thioether (sulfide) groups is 1. The van der Waals surface area contributed by atoms with Crippen LogP contribution in [0.5, 0.6) is 0 Å². The van der Waals surface area contributed by atoms with Crippen molar-refractivity contribution in [1.82, 2.24) is 14.8 Å². The minimum atomic E-state index is 0.427. The smallest absolute Gasteiger partial charge is 0.195 e. The van der Waals surface area contributed by atoms with E-state index in [0.29, 0.717) is 17.2 Å². The standard InChI is InChI=1S/C11H19N3S2/c1-7(2)10-12-13-11(15)14(10)8-5-4-6-9(8)16-3/h7-9H,4-6H2,1-3H3,(H,13,15). The maximum Gasteiger partial charge on any atom is 0.195 e. The first kappa shape index (κ1) is 12.2. The van der Waals surface area contributed by atoms with Crippen LogP contribution < -0.4 is 0 Å². The van der Waals surface area contributed by atoms with Crippen LogP contribution in [0, 0.1) is 4.77 Å². The molecule has 0 radical (unpaired) electrons. The molecule has 1 heterocycles. The Morgan fingerprint density at radius 3 is 2.88 bits per heavy atom. The highest BCUT2D eigenvalue weighted by Gasteiger charge is 2.30. The van der Waals surface area contributed by atoms with Crippen molar-refractivity contribution in [3.63, 3.8) is 0 Å². The first-order valence-electron chi connectivity index (χ1n) is 5.84. The molecule has 0 saturated heterocycles. The summed E-state index contributed by atoms with van der Waals surface area (Å²) in [6, 6.07) is 0.540. The van der Waals surface area contributed by atoms with Gasteiger partial charge in [-0.25, -0.2) is 0 Å². The van der Waals surface area contributed by atoms with Gasteiger partial charge in [-0.05, 0) is 31.3 Å². The lowest BCUT2D eigenvalue weighted by atomic mass is 10.1. The molecule has 0 aliphatic heterocycles. The Morgan fingerprint density at radius 1 is 1.50 bits per heavy atom. The van der Waals surface area contributed by atoms with Gasteiger partial charge in [-0.3, -0.25) is 9.67 Å². The van der Waals surface area contributed by atoms with Crippen LogP contribution in [0.4, 0.5) is 0 Å². The van der Waals surface area contributed by atoms with Crippen LogP contribution in [0.3, 0.4) is 0 Å². The van der Waals surface area contributed by atoms with Gasteiger partial charge in [0.1, 0.15) is 5.82 Å². The zero-order valence-electron chi connectivity index (χ0n) is 10.1. The molecule has 16 heavy (non-hydrogen) atoms. The van der Waals surface area contributed by atoms with Gasteiger partial charge < -0.3 is 0 Å². The van der Waals surface area contributed by atoms with E-state index in [1.165, 1.54) is 19.3 Å². The Hall–Kier alpha value is -0.290. The minimum absolute atomic E-state index is 0.427. The average Bonchev–Trinajstić information content (AvgIpc) is 2.82. The largest absolute Gasteiger partial charge is 0.300 e. The molecule has 1 saturated carbocycles. The molecule has 1 fully saturated rings. The maximum atomic E-state index is 5.37. The van der Waals surface area contributed by atoms with Crippen molar-refractivity contribution in [2.24, 2.45) is 0 Å². The lowest BCUT2D eigenvalue weighted by Crippen LogP contribution is -2.19. The molecule has 5 heteroatoms. The van der Waals surface area contributed by atoms with E-state index in [4.69, 9.17) is 12.2 Å². The van der Waals surface area contributed by atoms with Gasteiger partial charge in [0.05, 0.1) is 0 Å². The Kier molecular flexibility index (Phi) is 3.74. The predicted octanol–water partition coefficient (Wildman–Crippen LogP) is 3.52. The summed E-state index contributed by atoms with van der Waals surface area (Å²) < 4.78 is 3.04. The molecule has 1 aliphatic rings. The van der Waals surface area contributed by atoms with Gasteiger partial charge in [-0.1, -0.05) is 20.3 Å². The Morgan fingerprint density at radius 2 is 2.25 bits per heavy atom. The van der Waals surface area contributed by atoms with E-state index < -0.39 is 0 Å². The summed E-state index contributed by atoms with van der Waals surface area (Å²) in [5.74, 6) is 1.53. The second-order valence-electron chi connectivity index (χ2n) is 4.68. The zero-order chi connectivity index (χ0) is 11.7. The number of aromatic amines is 1.